The Balaban J connectivity index is 1.92. The van der Waals surface area contributed by atoms with E-state index in [9.17, 15) is 4.79 Å². The highest BCUT2D eigenvalue weighted by atomic mass is 16.1. The lowest BCUT2D eigenvalue weighted by molar-refractivity contribution is 0.0940. The largest absolute Gasteiger partial charge is 0.352 e. The van der Waals surface area contributed by atoms with Crippen molar-refractivity contribution in [2.75, 3.05) is 32.1 Å². The number of aryl methyl sites for hydroxylation is 1. The van der Waals surface area contributed by atoms with Crippen molar-refractivity contribution in [3.8, 4) is 0 Å². The minimum atomic E-state index is -0.0584. The van der Waals surface area contributed by atoms with Crippen LogP contribution in [-0.2, 0) is 0 Å². The number of nitrogens with two attached hydrogens (primary N) is 1. The van der Waals surface area contributed by atoms with E-state index in [0.717, 1.165) is 38.0 Å². The number of piperidine rings is 1. The first-order chi connectivity index (χ1) is 9.60. The Labute approximate surface area is 120 Å². The maximum atomic E-state index is 12.2. The van der Waals surface area contributed by atoms with E-state index < -0.39 is 0 Å². The van der Waals surface area contributed by atoms with Crippen molar-refractivity contribution in [2.45, 2.75) is 19.8 Å². The van der Waals surface area contributed by atoms with Crippen LogP contribution in [-0.4, -0.2) is 37.5 Å². The van der Waals surface area contributed by atoms with Crippen molar-refractivity contribution in [2.24, 2.45) is 11.8 Å². The first kappa shape index (κ1) is 14.8. The predicted octanol–water partition coefficient (Wildman–Crippen LogP) is 1.35. The summed E-state index contributed by atoms with van der Waals surface area (Å²) in [6.07, 6.45) is 2.29. The van der Waals surface area contributed by atoms with Gasteiger partial charge in [-0.1, -0.05) is 6.07 Å². The summed E-state index contributed by atoms with van der Waals surface area (Å²) in [6, 6.07) is 5.62. The van der Waals surface area contributed by atoms with Gasteiger partial charge in [-0.25, -0.2) is 0 Å². The average Bonchev–Trinajstić information content (AvgIpc) is 2.46. The van der Waals surface area contributed by atoms with Gasteiger partial charge in [0, 0.05) is 6.54 Å². The van der Waals surface area contributed by atoms with E-state index in [1.54, 1.807) is 0 Å². The number of carbonyl (C=O) groups excluding carboxylic acids is 1. The van der Waals surface area contributed by atoms with Gasteiger partial charge in [0.05, 0.1) is 11.3 Å². The molecule has 0 atom stereocenters. The van der Waals surface area contributed by atoms with Crippen LogP contribution in [0.3, 0.4) is 0 Å². The van der Waals surface area contributed by atoms with E-state index in [2.05, 4.69) is 22.7 Å². The number of amides is 1. The Morgan fingerprint density at radius 3 is 2.75 bits per heavy atom. The second kappa shape index (κ2) is 6.72. The number of hydrazine groups is 1. The molecule has 1 aliphatic heterocycles. The van der Waals surface area contributed by atoms with Crippen LogP contribution in [0.4, 0.5) is 5.69 Å². The van der Waals surface area contributed by atoms with E-state index in [4.69, 9.17) is 5.84 Å². The van der Waals surface area contributed by atoms with Crippen LogP contribution >= 0.6 is 0 Å². The zero-order chi connectivity index (χ0) is 14.5. The minimum absolute atomic E-state index is 0.0584. The first-order valence-electron chi connectivity index (χ1n) is 7.14. The molecule has 5 nitrogen and oxygen atoms in total. The van der Waals surface area contributed by atoms with Gasteiger partial charge in [-0.3, -0.25) is 10.6 Å². The summed E-state index contributed by atoms with van der Waals surface area (Å²) in [7, 11) is 2.14. The highest BCUT2D eigenvalue weighted by Crippen LogP contribution is 2.18. The monoisotopic (exact) mass is 276 g/mol. The topological polar surface area (TPSA) is 70.4 Å². The molecular weight excluding hydrogens is 252 g/mol. The Bertz CT molecular complexity index is 467. The summed E-state index contributed by atoms with van der Waals surface area (Å²) in [5.74, 6) is 6.00. The molecule has 2 rings (SSSR count). The summed E-state index contributed by atoms with van der Waals surface area (Å²) in [5.41, 5.74) is 4.94. The quantitative estimate of drug-likeness (QED) is 0.573. The second-order valence-electron chi connectivity index (χ2n) is 5.65. The Hall–Kier alpha value is -1.59. The fourth-order valence-corrected chi connectivity index (χ4v) is 2.57. The number of hydrogen-bond acceptors (Lipinski definition) is 4. The first-order valence-corrected chi connectivity index (χ1v) is 7.14. The summed E-state index contributed by atoms with van der Waals surface area (Å²) in [4.78, 5) is 14.6. The highest BCUT2D eigenvalue weighted by molar-refractivity contribution is 5.99. The van der Waals surface area contributed by atoms with Crippen LogP contribution in [0, 0.1) is 12.8 Å². The number of nitrogens with one attached hydrogen (secondary N) is 2. The van der Waals surface area contributed by atoms with Gasteiger partial charge >= 0.3 is 0 Å². The number of nitrogens with zero attached hydrogens (tertiary/aromatic N) is 1. The zero-order valence-electron chi connectivity index (χ0n) is 12.3. The number of nitrogen functional groups attached to an aromatic ring is 1. The van der Waals surface area contributed by atoms with Gasteiger partial charge < -0.3 is 15.6 Å². The number of anilines is 1. The molecule has 0 unspecified atom stereocenters. The molecule has 1 fully saturated rings. The maximum absolute atomic E-state index is 12.2. The second-order valence-corrected chi connectivity index (χ2v) is 5.65. The molecule has 0 bridgehead atoms. The molecule has 1 aromatic rings. The predicted molar refractivity (Wildman–Crippen MR) is 81.5 cm³/mol. The molecule has 1 amide bonds. The van der Waals surface area contributed by atoms with Gasteiger partial charge in [-0.2, -0.15) is 0 Å². The SMILES string of the molecule is Cc1ccc(C(=O)NCC2CCN(C)CC2)c(NN)c1. The Morgan fingerprint density at radius 1 is 1.40 bits per heavy atom. The van der Waals surface area contributed by atoms with E-state index in [0.29, 0.717) is 17.2 Å². The molecule has 0 radical (unpaired) electrons. The van der Waals surface area contributed by atoms with Crippen molar-refractivity contribution in [3.63, 3.8) is 0 Å². The van der Waals surface area contributed by atoms with Crippen molar-refractivity contribution in [1.82, 2.24) is 10.2 Å². The molecule has 1 aliphatic rings. The Kier molecular flexibility index (Phi) is 4.98. The van der Waals surface area contributed by atoms with Crippen LogP contribution < -0.4 is 16.6 Å². The molecule has 1 aromatic carbocycles. The minimum Gasteiger partial charge on any atom is -0.352 e. The van der Waals surface area contributed by atoms with Crippen molar-refractivity contribution >= 4 is 11.6 Å². The van der Waals surface area contributed by atoms with E-state index >= 15 is 0 Å². The number of benzene rings is 1. The lowest BCUT2D eigenvalue weighted by Crippen LogP contribution is -2.37. The maximum Gasteiger partial charge on any atom is 0.253 e. The van der Waals surface area contributed by atoms with Gasteiger partial charge in [0.15, 0.2) is 0 Å². The van der Waals surface area contributed by atoms with Gasteiger partial charge in [0.25, 0.3) is 5.91 Å². The molecule has 0 aromatic heterocycles. The third-order valence-corrected chi connectivity index (χ3v) is 3.96. The third kappa shape index (κ3) is 3.71. The molecule has 0 saturated carbocycles. The summed E-state index contributed by atoms with van der Waals surface area (Å²) < 4.78 is 0. The molecular formula is C15H24N4O. The summed E-state index contributed by atoms with van der Waals surface area (Å²) in [5, 5.41) is 3.02. The molecule has 110 valence electrons. The summed E-state index contributed by atoms with van der Waals surface area (Å²) in [6.45, 7) is 4.94. The normalized spacial score (nSPS) is 16.9. The molecule has 0 aliphatic carbocycles. The van der Waals surface area contributed by atoms with Crippen LogP contribution in [0.2, 0.25) is 0 Å². The van der Waals surface area contributed by atoms with Crippen LogP contribution in [0.15, 0.2) is 18.2 Å². The van der Waals surface area contributed by atoms with Crippen molar-refractivity contribution < 1.29 is 4.79 Å². The fraction of sp³-hybridized carbons (Fsp3) is 0.533. The Morgan fingerprint density at radius 2 is 2.10 bits per heavy atom. The van der Waals surface area contributed by atoms with Gasteiger partial charge in [0.2, 0.25) is 0 Å². The average molecular weight is 276 g/mol. The molecule has 5 heteroatoms. The van der Waals surface area contributed by atoms with E-state index in [1.807, 2.05) is 25.1 Å². The lowest BCUT2D eigenvalue weighted by Gasteiger charge is -2.29. The van der Waals surface area contributed by atoms with E-state index in [1.165, 1.54) is 0 Å². The number of hydrogen-bond donors (Lipinski definition) is 3. The molecule has 1 saturated heterocycles. The molecule has 4 N–H and O–H groups in total. The number of rotatable bonds is 4. The van der Waals surface area contributed by atoms with Crippen LogP contribution in [0.1, 0.15) is 28.8 Å². The zero-order valence-corrected chi connectivity index (χ0v) is 12.3. The molecule has 20 heavy (non-hydrogen) atoms. The number of carbonyl (C=O) groups is 1. The van der Waals surface area contributed by atoms with E-state index in [-0.39, 0.29) is 5.91 Å². The number of likely N-dealkylation sites (tertiary alicyclic amines) is 1. The van der Waals surface area contributed by atoms with Crippen molar-refractivity contribution in [1.29, 1.82) is 0 Å². The van der Waals surface area contributed by atoms with Gasteiger partial charge in [-0.05, 0) is 63.5 Å². The standard InChI is InChI=1S/C15H24N4O/c1-11-3-4-13(14(9-11)18-16)15(20)17-10-12-5-7-19(2)8-6-12/h3-4,9,12,18H,5-8,10,16H2,1-2H3,(H,17,20). The van der Waals surface area contributed by atoms with Crippen LogP contribution in [0.5, 0.6) is 0 Å². The summed E-state index contributed by atoms with van der Waals surface area (Å²) >= 11 is 0. The molecule has 0 spiro atoms. The highest BCUT2D eigenvalue weighted by Gasteiger charge is 2.18. The van der Waals surface area contributed by atoms with Gasteiger partial charge in [-0.15, -0.1) is 0 Å². The molecule has 1 heterocycles. The lowest BCUT2D eigenvalue weighted by atomic mass is 9.97. The van der Waals surface area contributed by atoms with Gasteiger partial charge in [0.1, 0.15) is 0 Å². The third-order valence-electron chi connectivity index (χ3n) is 3.96. The van der Waals surface area contributed by atoms with Crippen LogP contribution in [0.25, 0.3) is 0 Å². The fourth-order valence-electron chi connectivity index (χ4n) is 2.57. The smallest absolute Gasteiger partial charge is 0.253 e. The van der Waals surface area contributed by atoms with Crippen molar-refractivity contribution in [3.05, 3.63) is 29.3 Å².